The third kappa shape index (κ3) is 6.03. The van der Waals surface area contributed by atoms with Gasteiger partial charge in [-0.2, -0.15) is 0 Å². The van der Waals surface area contributed by atoms with E-state index in [0.717, 1.165) is 32.2 Å². The molecule has 100 valence electrons. The number of hydrogen-bond donors (Lipinski definition) is 2. The number of carbonyl (C=O) groups is 1. The quantitative estimate of drug-likeness (QED) is 0.685. The van der Waals surface area contributed by atoms with Crippen molar-refractivity contribution in [3.63, 3.8) is 0 Å². The Hall–Kier alpha value is -0.610. The first-order valence-corrected chi connectivity index (χ1v) is 6.72. The lowest BCUT2D eigenvalue weighted by Gasteiger charge is -2.33. The van der Waals surface area contributed by atoms with E-state index < -0.39 is 0 Å². The number of carbonyl (C=O) groups excluding carboxylic acids is 1. The molecule has 0 aromatic rings. The molecule has 0 saturated heterocycles. The van der Waals surface area contributed by atoms with Gasteiger partial charge in [-0.1, -0.05) is 19.3 Å². The maximum absolute atomic E-state index is 11.4. The fraction of sp³-hybridized carbons (Fsp3) is 0.923. The predicted octanol–water partition coefficient (Wildman–Crippen LogP) is 1.11. The highest BCUT2D eigenvalue weighted by Crippen LogP contribution is 2.29. The van der Waals surface area contributed by atoms with Gasteiger partial charge in [0, 0.05) is 12.1 Å². The Balaban J connectivity index is 2.09. The summed E-state index contributed by atoms with van der Waals surface area (Å²) in [6.45, 7) is 1.22. The van der Waals surface area contributed by atoms with Crippen molar-refractivity contribution in [1.29, 1.82) is 0 Å². The summed E-state index contributed by atoms with van der Waals surface area (Å²) in [4.78, 5) is 13.3. The molecular weight excluding hydrogens is 214 g/mol. The first-order valence-electron chi connectivity index (χ1n) is 6.72. The third-order valence-corrected chi connectivity index (χ3v) is 3.48. The molecule has 0 radical (unpaired) electrons. The van der Waals surface area contributed by atoms with E-state index in [-0.39, 0.29) is 11.4 Å². The summed E-state index contributed by atoms with van der Waals surface area (Å²) in [5.41, 5.74) is 6.38. The van der Waals surface area contributed by atoms with Crippen LogP contribution in [0.4, 0.5) is 0 Å². The van der Waals surface area contributed by atoms with E-state index in [4.69, 9.17) is 5.73 Å². The molecule has 0 spiro atoms. The number of rotatable bonds is 6. The highest BCUT2D eigenvalue weighted by Gasteiger charge is 2.26. The van der Waals surface area contributed by atoms with Crippen LogP contribution in [0.2, 0.25) is 0 Å². The summed E-state index contributed by atoms with van der Waals surface area (Å²) in [5, 5.41) is 2.93. The first-order chi connectivity index (χ1) is 8.02. The van der Waals surface area contributed by atoms with Gasteiger partial charge in [-0.3, -0.25) is 4.79 Å². The summed E-state index contributed by atoms with van der Waals surface area (Å²) in [5.74, 6) is 0.102. The molecule has 1 amide bonds. The Labute approximate surface area is 105 Å². The molecule has 1 aliphatic carbocycles. The average Bonchev–Trinajstić information content (AvgIpc) is 2.24. The van der Waals surface area contributed by atoms with Crippen LogP contribution in [0, 0.1) is 0 Å². The molecule has 1 rings (SSSR count). The minimum absolute atomic E-state index is 0.0462. The van der Waals surface area contributed by atoms with Crippen molar-refractivity contribution in [1.82, 2.24) is 10.2 Å². The molecule has 0 aromatic heterocycles. The second-order valence-electron chi connectivity index (χ2n) is 5.61. The van der Waals surface area contributed by atoms with Gasteiger partial charge < -0.3 is 16.0 Å². The Morgan fingerprint density at radius 3 is 2.53 bits per heavy atom. The van der Waals surface area contributed by atoms with Gasteiger partial charge in [0.25, 0.3) is 0 Å². The van der Waals surface area contributed by atoms with Gasteiger partial charge in [-0.05, 0) is 39.8 Å². The van der Waals surface area contributed by atoms with Crippen LogP contribution in [-0.2, 0) is 4.79 Å². The van der Waals surface area contributed by atoms with E-state index in [9.17, 15) is 4.79 Å². The van der Waals surface area contributed by atoms with Crippen molar-refractivity contribution in [2.45, 2.75) is 50.5 Å². The molecule has 0 bridgehead atoms. The van der Waals surface area contributed by atoms with Crippen LogP contribution in [0.3, 0.4) is 0 Å². The van der Waals surface area contributed by atoms with Crippen molar-refractivity contribution in [2.75, 3.05) is 27.2 Å². The van der Waals surface area contributed by atoms with E-state index in [1.54, 1.807) is 0 Å². The average molecular weight is 241 g/mol. The van der Waals surface area contributed by atoms with Crippen LogP contribution in [-0.4, -0.2) is 43.5 Å². The minimum atomic E-state index is 0.0462. The SMILES string of the molecule is CN(C)CC(=O)NCCCC1(N)CCCCC1. The molecule has 0 heterocycles. The van der Waals surface area contributed by atoms with Crippen molar-refractivity contribution in [3.8, 4) is 0 Å². The lowest BCUT2D eigenvalue weighted by Crippen LogP contribution is -2.42. The molecule has 1 aliphatic rings. The van der Waals surface area contributed by atoms with Crippen molar-refractivity contribution in [3.05, 3.63) is 0 Å². The molecule has 0 unspecified atom stereocenters. The largest absolute Gasteiger partial charge is 0.355 e. The number of hydrogen-bond acceptors (Lipinski definition) is 3. The zero-order chi connectivity index (χ0) is 12.7. The lowest BCUT2D eigenvalue weighted by atomic mass is 9.79. The van der Waals surface area contributed by atoms with Gasteiger partial charge in [0.2, 0.25) is 5.91 Å². The minimum Gasteiger partial charge on any atom is -0.355 e. The summed E-state index contributed by atoms with van der Waals surface area (Å²) in [6.07, 6.45) is 8.20. The standard InChI is InChI=1S/C13H27N3O/c1-16(2)11-12(17)15-10-6-9-13(14)7-4-3-5-8-13/h3-11,14H2,1-2H3,(H,15,17). The highest BCUT2D eigenvalue weighted by molar-refractivity contribution is 5.77. The van der Waals surface area contributed by atoms with Crippen molar-refractivity contribution in [2.24, 2.45) is 5.73 Å². The van der Waals surface area contributed by atoms with Gasteiger partial charge in [0.15, 0.2) is 0 Å². The molecule has 4 heteroatoms. The molecule has 1 fully saturated rings. The number of nitrogens with zero attached hydrogens (tertiary/aromatic N) is 1. The number of likely N-dealkylation sites (N-methyl/N-ethyl adjacent to an activating group) is 1. The van der Waals surface area contributed by atoms with Gasteiger partial charge >= 0.3 is 0 Å². The van der Waals surface area contributed by atoms with E-state index in [2.05, 4.69) is 5.32 Å². The maximum Gasteiger partial charge on any atom is 0.234 e. The summed E-state index contributed by atoms with van der Waals surface area (Å²) in [7, 11) is 3.80. The number of amides is 1. The van der Waals surface area contributed by atoms with Crippen LogP contribution in [0.25, 0.3) is 0 Å². The van der Waals surface area contributed by atoms with E-state index in [0.29, 0.717) is 6.54 Å². The molecule has 3 N–H and O–H groups in total. The number of nitrogens with two attached hydrogens (primary N) is 1. The zero-order valence-electron chi connectivity index (χ0n) is 11.3. The second kappa shape index (κ2) is 6.97. The first kappa shape index (κ1) is 14.5. The summed E-state index contributed by atoms with van der Waals surface area (Å²) in [6, 6.07) is 0. The van der Waals surface area contributed by atoms with Crippen LogP contribution >= 0.6 is 0 Å². The van der Waals surface area contributed by atoms with Crippen LogP contribution in [0.1, 0.15) is 44.9 Å². The van der Waals surface area contributed by atoms with Gasteiger partial charge in [-0.15, -0.1) is 0 Å². The second-order valence-corrected chi connectivity index (χ2v) is 5.61. The Morgan fingerprint density at radius 2 is 1.94 bits per heavy atom. The van der Waals surface area contributed by atoms with E-state index >= 15 is 0 Å². The predicted molar refractivity (Wildman–Crippen MR) is 70.8 cm³/mol. The van der Waals surface area contributed by atoms with Gasteiger partial charge in [-0.25, -0.2) is 0 Å². The van der Waals surface area contributed by atoms with Crippen molar-refractivity contribution >= 4 is 5.91 Å². The molecule has 0 aromatic carbocycles. The van der Waals surface area contributed by atoms with Crippen LogP contribution in [0.15, 0.2) is 0 Å². The summed E-state index contributed by atoms with van der Waals surface area (Å²) >= 11 is 0. The molecule has 0 atom stereocenters. The zero-order valence-corrected chi connectivity index (χ0v) is 11.3. The lowest BCUT2D eigenvalue weighted by molar-refractivity contribution is -0.121. The van der Waals surface area contributed by atoms with Gasteiger partial charge in [0.1, 0.15) is 0 Å². The fourth-order valence-electron chi connectivity index (χ4n) is 2.52. The fourth-order valence-corrected chi connectivity index (χ4v) is 2.52. The maximum atomic E-state index is 11.4. The van der Waals surface area contributed by atoms with Crippen LogP contribution < -0.4 is 11.1 Å². The Kier molecular flexibility index (Phi) is 5.92. The molecule has 17 heavy (non-hydrogen) atoms. The molecule has 4 nitrogen and oxygen atoms in total. The molecule has 1 saturated carbocycles. The normalized spacial score (nSPS) is 19.3. The van der Waals surface area contributed by atoms with Gasteiger partial charge in [0.05, 0.1) is 6.54 Å². The number of nitrogens with one attached hydrogen (secondary N) is 1. The van der Waals surface area contributed by atoms with Crippen molar-refractivity contribution < 1.29 is 4.79 Å². The third-order valence-electron chi connectivity index (χ3n) is 3.48. The Bertz CT molecular complexity index is 235. The molecule has 0 aliphatic heterocycles. The smallest absolute Gasteiger partial charge is 0.234 e. The van der Waals surface area contributed by atoms with E-state index in [1.807, 2.05) is 19.0 Å². The van der Waals surface area contributed by atoms with E-state index in [1.165, 1.54) is 19.3 Å². The topological polar surface area (TPSA) is 58.4 Å². The monoisotopic (exact) mass is 241 g/mol. The molecular formula is C13H27N3O. The Morgan fingerprint density at radius 1 is 1.29 bits per heavy atom. The highest BCUT2D eigenvalue weighted by atomic mass is 16.1. The van der Waals surface area contributed by atoms with Crippen LogP contribution in [0.5, 0.6) is 0 Å². The summed E-state index contributed by atoms with van der Waals surface area (Å²) < 4.78 is 0.